The normalized spacial score (nSPS) is 16.4. The minimum absolute atomic E-state index is 0.140. The van der Waals surface area contributed by atoms with E-state index in [9.17, 15) is 0 Å². The molecule has 0 amide bonds. The molecule has 0 spiro atoms. The van der Waals surface area contributed by atoms with Gasteiger partial charge >= 0.3 is 0 Å². The number of methoxy groups -OCH3 is 1. The third-order valence-electron chi connectivity index (χ3n) is 2.03. The van der Waals surface area contributed by atoms with E-state index < -0.39 is 0 Å². The van der Waals surface area contributed by atoms with Gasteiger partial charge in [-0.3, -0.25) is 0 Å². The summed E-state index contributed by atoms with van der Waals surface area (Å²) in [5.74, 6) is 0. The first-order chi connectivity index (χ1) is 5.18. The van der Waals surface area contributed by atoms with Crippen LogP contribution in [0.3, 0.4) is 0 Å². The van der Waals surface area contributed by atoms with E-state index in [4.69, 9.17) is 9.84 Å². The van der Waals surface area contributed by atoms with Crippen LogP contribution in [0.4, 0.5) is 0 Å². The van der Waals surface area contributed by atoms with Crippen LogP contribution in [0, 0.1) is 0 Å². The van der Waals surface area contributed by atoms with E-state index in [0.29, 0.717) is 0 Å². The van der Waals surface area contributed by atoms with Gasteiger partial charge in [-0.2, -0.15) is 0 Å². The van der Waals surface area contributed by atoms with Crippen LogP contribution in [0.25, 0.3) is 0 Å². The summed E-state index contributed by atoms with van der Waals surface area (Å²) < 4.78 is 4.92. The van der Waals surface area contributed by atoms with Crippen LogP contribution in [0.5, 0.6) is 0 Å². The summed E-state index contributed by atoms with van der Waals surface area (Å²) in [6.45, 7) is 2.94. The molecular formula is C8H19NO2. The van der Waals surface area contributed by atoms with Gasteiger partial charge in [-0.15, -0.1) is 0 Å². The molecule has 0 aromatic carbocycles. The molecule has 68 valence electrons. The molecule has 2 N–H and O–H groups in total. The molecule has 0 saturated carbocycles. The third-order valence-corrected chi connectivity index (χ3v) is 2.03. The second-order valence-corrected chi connectivity index (χ2v) is 3.07. The van der Waals surface area contributed by atoms with Crippen molar-refractivity contribution in [1.82, 2.24) is 5.32 Å². The van der Waals surface area contributed by atoms with Gasteiger partial charge in [-0.05, 0) is 26.8 Å². The summed E-state index contributed by atoms with van der Waals surface area (Å²) in [6, 6.07) is 0. The first kappa shape index (κ1) is 10.9. The van der Waals surface area contributed by atoms with Crippen LogP contribution in [-0.2, 0) is 4.74 Å². The SMILES string of the molecule is CNC(C)(CO)CCCOC. The van der Waals surface area contributed by atoms with Crippen LogP contribution in [0.1, 0.15) is 19.8 Å². The Morgan fingerprint density at radius 3 is 2.55 bits per heavy atom. The molecule has 0 aromatic heterocycles. The first-order valence-electron chi connectivity index (χ1n) is 3.97. The van der Waals surface area contributed by atoms with Crippen molar-refractivity contribution < 1.29 is 9.84 Å². The number of hydrogen-bond donors (Lipinski definition) is 2. The quantitative estimate of drug-likeness (QED) is 0.553. The van der Waals surface area contributed by atoms with Gasteiger partial charge in [0.25, 0.3) is 0 Å². The van der Waals surface area contributed by atoms with Crippen molar-refractivity contribution in [3.8, 4) is 0 Å². The largest absolute Gasteiger partial charge is 0.394 e. The number of rotatable bonds is 6. The minimum atomic E-state index is -0.140. The highest BCUT2D eigenvalue weighted by molar-refractivity contribution is 4.79. The molecule has 0 aliphatic heterocycles. The molecule has 1 unspecified atom stereocenters. The van der Waals surface area contributed by atoms with Crippen LogP contribution in [0.2, 0.25) is 0 Å². The molecule has 0 heterocycles. The van der Waals surface area contributed by atoms with Gasteiger partial charge in [0.05, 0.1) is 6.61 Å². The Balaban J connectivity index is 3.51. The van der Waals surface area contributed by atoms with E-state index in [2.05, 4.69) is 5.32 Å². The smallest absolute Gasteiger partial charge is 0.0610 e. The minimum Gasteiger partial charge on any atom is -0.394 e. The number of aliphatic hydroxyl groups is 1. The number of hydrogen-bond acceptors (Lipinski definition) is 3. The topological polar surface area (TPSA) is 41.5 Å². The predicted molar refractivity (Wildman–Crippen MR) is 45.7 cm³/mol. The van der Waals surface area contributed by atoms with Crippen molar-refractivity contribution in [2.75, 3.05) is 27.4 Å². The highest BCUT2D eigenvalue weighted by Gasteiger charge is 2.19. The lowest BCUT2D eigenvalue weighted by Crippen LogP contribution is -2.43. The molecule has 0 aliphatic rings. The van der Waals surface area contributed by atoms with Crippen molar-refractivity contribution in [3.63, 3.8) is 0 Å². The fourth-order valence-electron chi connectivity index (χ4n) is 0.890. The summed E-state index contributed by atoms with van der Waals surface area (Å²) in [6.07, 6.45) is 1.92. The molecular weight excluding hydrogens is 142 g/mol. The van der Waals surface area contributed by atoms with Gasteiger partial charge in [0.1, 0.15) is 0 Å². The van der Waals surface area contributed by atoms with Crippen LogP contribution in [-0.4, -0.2) is 38.0 Å². The lowest BCUT2D eigenvalue weighted by molar-refractivity contribution is 0.145. The highest BCUT2D eigenvalue weighted by atomic mass is 16.5. The molecule has 3 heteroatoms. The molecule has 0 aromatic rings. The maximum absolute atomic E-state index is 8.98. The molecule has 0 fully saturated rings. The van der Waals surface area contributed by atoms with Crippen LogP contribution in [0.15, 0.2) is 0 Å². The van der Waals surface area contributed by atoms with Crippen molar-refractivity contribution in [1.29, 1.82) is 0 Å². The van der Waals surface area contributed by atoms with E-state index in [1.807, 2.05) is 14.0 Å². The van der Waals surface area contributed by atoms with E-state index >= 15 is 0 Å². The van der Waals surface area contributed by atoms with Crippen LogP contribution >= 0.6 is 0 Å². The molecule has 11 heavy (non-hydrogen) atoms. The molecule has 0 saturated heterocycles. The Bertz CT molecular complexity index is 92.1. The highest BCUT2D eigenvalue weighted by Crippen LogP contribution is 2.10. The first-order valence-corrected chi connectivity index (χ1v) is 3.97. The van der Waals surface area contributed by atoms with Gasteiger partial charge in [0.15, 0.2) is 0 Å². The van der Waals surface area contributed by atoms with Crippen molar-refractivity contribution in [2.45, 2.75) is 25.3 Å². The van der Waals surface area contributed by atoms with E-state index in [1.54, 1.807) is 7.11 Å². The summed E-state index contributed by atoms with van der Waals surface area (Å²) in [4.78, 5) is 0. The summed E-state index contributed by atoms with van der Waals surface area (Å²) >= 11 is 0. The molecule has 0 bridgehead atoms. The summed E-state index contributed by atoms with van der Waals surface area (Å²) in [5.41, 5.74) is -0.140. The standard InChI is InChI=1S/C8H19NO2/c1-8(7-10,9-2)5-4-6-11-3/h9-10H,4-7H2,1-3H3. The fraction of sp³-hybridized carbons (Fsp3) is 1.00. The van der Waals surface area contributed by atoms with Gasteiger partial charge in [-0.1, -0.05) is 0 Å². The number of ether oxygens (including phenoxy) is 1. The van der Waals surface area contributed by atoms with E-state index in [-0.39, 0.29) is 12.1 Å². The van der Waals surface area contributed by atoms with Crippen molar-refractivity contribution in [3.05, 3.63) is 0 Å². The lowest BCUT2D eigenvalue weighted by Gasteiger charge is -2.26. The number of nitrogens with one attached hydrogen (secondary N) is 1. The average molecular weight is 161 g/mol. The van der Waals surface area contributed by atoms with Crippen molar-refractivity contribution >= 4 is 0 Å². The summed E-state index contributed by atoms with van der Waals surface area (Å²) in [7, 11) is 3.55. The number of aliphatic hydroxyl groups excluding tert-OH is 1. The van der Waals surface area contributed by atoms with Crippen LogP contribution < -0.4 is 5.32 Å². The third kappa shape index (κ3) is 4.35. The second-order valence-electron chi connectivity index (χ2n) is 3.07. The zero-order valence-corrected chi connectivity index (χ0v) is 7.68. The molecule has 0 rings (SSSR count). The Morgan fingerprint density at radius 1 is 1.55 bits per heavy atom. The van der Waals surface area contributed by atoms with Gasteiger partial charge in [0, 0.05) is 19.3 Å². The molecule has 0 aliphatic carbocycles. The Labute approximate surface area is 68.8 Å². The fourth-order valence-corrected chi connectivity index (χ4v) is 0.890. The zero-order chi connectivity index (χ0) is 8.74. The second kappa shape index (κ2) is 5.52. The maximum atomic E-state index is 8.98. The average Bonchev–Trinajstić information content (AvgIpc) is 2.05. The molecule has 1 atom stereocenters. The maximum Gasteiger partial charge on any atom is 0.0610 e. The summed E-state index contributed by atoms with van der Waals surface area (Å²) in [5, 5.41) is 12.1. The Morgan fingerprint density at radius 2 is 2.18 bits per heavy atom. The lowest BCUT2D eigenvalue weighted by atomic mass is 9.97. The predicted octanol–water partition coefficient (Wildman–Crippen LogP) is 0.383. The monoisotopic (exact) mass is 161 g/mol. The van der Waals surface area contributed by atoms with Gasteiger partial charge in [0.2, 0.25) is 0 Å². The van der Waals surface area contributed by atoms with E-state index in [0.717, 1.165) is 19.4 Å². The molecule has 3 nitrogen and oxygen atoms in total. The van der Waals surface area contributed by atoms with E-state index in [1.165, 1.54) is 0 Å². The van der Waals surface area contributed by atoms with Gasteiger partial charge in [-0.25, -0.2) is 0 Å². The number of likely N-dealkylation sites (N-methyl/N-ethyl adjacent to an activating group) is 1. The van der Waals surface area contributed by atoms with Gasteiger partial charge < -0.3 is 15.2 Å². The Hall–Kier alpha value is -0.120. The molecule has 0 radical (unpaired) electrons. The zero-order valence-electron chi connectivity index (χ0n) is 7.68. The van der Waals surface area contributed by atoms with Crippen molar-refractivity contribution in [2.24, 2.45) is 0 Å². The Kier molecular flexibility index (Phi) is 5.46.